The Hall–Kier alpha value is -0.570. The van der Waals surface area contributed by atoms with Crippen molar-refractivity contribution >= 4 is 5.97 Å². The van der Waals surface area contributed by atoms with E-state index in [2.05, 4.69) is 13.8 Å². The van der Waals surface area contributed by atoms with Crippen LogP contribution in [0.25, 0.3) is 0 Å². The third-order valence-electron chi connectivity index (χ3n) is 9.51. The van der Waals surface area contributed by atoms with Gasteiger partial charge in [-0.15, -0.1) is 0 Å². The van der Waals surface area contributed by atoms with Crippen LogP contribution in [0, 0.1) is 0 Å². The van der Waals surface area contributed by atoms with E-state index in [0.29, 0.717) is 13.0 Å². The summed E-state index contributed by atoms with van der Waals surface area (Å²) >= 11 is 0. The second-order valence-electron chi connectivity index (χ2n) is 14.2. The van der Waals surface area contributed by atoms with Gasteiger partial charge in [0.2, 0.25) is 0 Å². The SMILES string of the molecule is CCCCCCCCCCCCCCCC(=O)O.CCCCCCCCCCCCCCCCCCCCCCCCCCO. The van der Waals surface area contributed by atoms with Gasteiger partial charge in [0, 0.05) is 13.0 Å². The van der Waals surface area contributed by atoms with E-state index in [1.165, 1.54) is 218 Å². The minimum absolute atomic E-state index is 0.345. The van der Waals surface area contributed by atoms with Gasteiger partial charge in [-0.1, -0.05) is 239 Å². The molecule has 0 amide bonds. The second kappa shape index (κ2) is 45.6. The lowest BCUT2D eigenvalue weighted by molar-refractivity contribution is -0.137. The van der Waals surface area contributed by atoms with Crippen LogP contribution >= 0.6 is 0 Å². The lowest BCUT2D eigenvalue weighted by Crippen LogP contribution is -1.93. The molecule has 2 N–H and O–H groups in total. The van der Waals surface area contributed by atoms with Crippen molar-refractivity contribution in [3.63, 3.8) is 0 Å². The first-order valence-electron chi connectivity index (χ1n) is 21.0. The highest BCUT2D eigenvalue weighted by molar-refractivity contribution is 5.66. The molecule has 0 spiro atoms. The fraction of sp³-hybridized carbons (Fsp3) is 0.976. The number of carboxylic acids is 1. The van der Waals surface area contributed by atoms with Crippen LogP contribution in [-0.2, 0) is 4.79 Å². The molecule has 0 radical (unpaired) electrons. The first-order chi connectivity index (χ1) is 22.2. The molecule has 0 saturated heterocycles. The van der Waals surface area contributed by atoms with Crippen molar-refractivity contribution in [3.05, 3.63) is 0 Å². The summed E-state index contributed by atoms with van der Waals surface area (Å²) in [4.78, 5) is 10.3. The summed E-state index contributed by atoms with van der Waals surface area (Å²) in [7, 11) is 0. The summed E-state index contributed by atoms with van der Waals surface area (Å²) in [6, 6.07) is 0. The van der Waals surface area contributed by atoms with E-state index < -0.39 is 5.97 Å². The van der Waals surface area contributed by atoms with Crippen LogP contribution in [0.3, 0.4) is 0 Å². The Bertz CT molecular complexity index is 482. The van der Waals surface area contributed by atoms with Crippen LogP contribution in [0.5, 0.6) is 0 Å². The van der Waals surface area contributed by atoms with Gasteiger partial charge in [-0.25, -0.2) is 0 Å². The number of unbranched alkanes of at least 4 members (excludes halogenated alkanes) is 35. The van der Waals surface area contributed by atoms with Crippen molar-refractivity contribution in [2.75, 3.05) is 6.61 Å². The van der Waals surface area contributed by atoms with Crippen molar-refractivity contribution in [3.8, 4) is 0 Å². The molecule has 0 aliphatic rings. The van der Waals surface area contributed by atoms with Gasteiger partial charge in [-0.05, 0) is 12.8 Å². The maximum absolute atomic E-state index is 10.3. The van der Waals surface area contributed by atoms with Crippen LogP contribution in [0.4, 0.5) is 0 Å². The largest absolute Gasteiger partial charge is 0.481 e. The Kier molecular flexibility index (Phi) is 47.1. The summed E-state index contributed by atoms with van der Waals surface area (Å²) < 4.78 is 0. The average Bonchev–Trinajstić information content (AvgIpc) is 3.04. The van der Waals surface area contributed by atoms with E-state index in [4.69, 9.17) is 10.2 Å². The molecule has 0 fully saturated rings. The van der Waals surface area contributed by atoms with Crippen LogP contribution in [-0.4, -0.2) is 22.8 Å². The first kappa shape index (κ1) is 46.5. The molecule has 0 unspecified atom stereocenters. The number of carbonyl (C=O) groups is 1. The highest BCUT2D eigenvalue weighted by Crippen LogP contribution is 2.16. The van der Waals surface area contributed by atoms with Crippen LogP contribution < -0.4 is 0 Å². The smallest absolute Gasteiger partial charge is 0.303 e. The van der Waals surface area contributed by atoms with Gasteiger partial charge in [0.15, 0.2) is 0 Å². The predicted molar refractivity (Wildman–Crippen MR) is 202 cm³/mol. The number of aliphatic carboxylic acids is 1. The van der Waals surface area contributed by atoms with Crippen LogP contribution in [0.1, 0.15) is 258 Å². The fourth-order valence-electron chi connectivity index (χ4n) is 6.37. The number of carboxylic acid groups (broad SMARTS) is 1. The minimum atomic E-state index is -0.655. The van der Waals surface area contributed by atoms with Gasteiger partial charge >= 0.3 is 5.97 Å². The molecule has 0 rings (SSSR count). The third-order valence-corrected chi connectivity index (χ3v) is 9.51. The number of hydrogen-bond acceptors (Lipinski definition) is 2. The molecule has 0 saturated carbocycles. The summed E-state index contributed by atoms with van der Waals surface area (Å²) in [5.41, 5.74) is 0. The van der Waals surface area contributed by atoms with E-state index in [1.54, 1.807) is 0 Å². The van der Waals surface area contributed by atoms with Crippen molar-refractivity contribution in [2.24, 2.45) is 0 Å². The average molecular weight is 639 g/mol. The van der Waals surface area contributed by atoms with Gasteiger partial charge in [0.25, 0.3) is 0 Å². The van der Waals surface area contributed by atoms with E-state index in [-0.39, 0.29) is 0 Å². The number of rotatable bonds is 38. The molecule has 0 atom stereocenters. The number of aliphatic hydroxyl groups excluding tert-OH is 1. The Morgan fingerprint density at radius 3 is 0.667 bits per heavy atom. The molecule has 45 heavy (non-hydrogen) atoms. The van der Waals surface area contributed by atoms with Gasteiger partial charge in [-0.2, -0.15) is 0 Å². The molecule has 0 aromatic rings. The maximum Gasteiger partial charge on any atom is 0.303 e. The monoisotopic (exact) mass is 639 g/mol. The van der Waals surface area contributed by atoms with Crippen LogP contribution in [0.2, 0.25) is 0 Å². The van der Waals surface area contributed by atoms with Crippen molar-refractivity contribution in [2.45, 2.75) is 258 Å². The van der Waals surface area contributed by atoms with Gasteiger partial charge < -0.3 is 10.2 Å². The summed E-state index contributed by atoms with van der Waals surface area (Å²) in [6.07, 6.45) is 51.4. The first-order valence-corrected chi connectivity index (χ1v) is 21.0. The summed E-state index contributed by atoms with van der Waals surface area (Å²) in [6.45, 7) is 4.93. The second-order valence-corrected chi connectivity index (χ2v) is 14.2. The van der Waals surface area contributed by atoms with E-state index >= 15 is 0 Å². The molecule has 0 aliphatic carbocycles. The highest BCUT2D eigenvalue weighted by Gasteiger charge is 1.98. The Balaban J connectivity index is 0. The van der Waals surface area contributed by atoms with Crippen molar-refractivity contribution in [1.82, 2.24) is 0 Å². The zero-order valence-corrected chi connectivity index (χ0v) is 31.4. The molecule has 0 bridgehead atoms. The fourth-order valence-corrected chi connectivity index (χ4v) is 6.37. The summed E-state index contributed by atoms with van der Waals surface area (Å²) in [5, 5.41) is 17.2. The summed E-state index contributed by atoms with van der Waals surface area (Å²) in [5.74, 6) is -0.655. The number of aliphatic hydroxyl groups is 1. The zero-order valence-electron chi connectivity index (χ0n) is 31.4. The minimum Gasteiger partial charge on any atom is -0.481 e. The molecule has 3 heteroatoms. The molecule has 0 aliphatic heterocycles. The van der Waals surface area contributed by atoms with E-state index in [0.717, 1.165) is 19.3 Å². The van der Waals surface area contributed by atoms with Crippen molar-refractivity contribution < 1.29 is 15.0 Å². The Labute approximate surface area is 284 Å². The van der Waals surface area contributed by atoms with E-state index in [1.807, 2.05) is 0 Å². The zero-order chi connectivity index (χ0) is 33.2. The van der Waals surface area contributed by atoms with Gasteiger partial charge in [0.1, 0.15) is 0 Å². The lowest BCUT2D eigenvalue weighted by Gasteiger charge is -2.04. The quantitative estimate of drug-likeness (QED) is 0.0661. The molecule has 0 aromatic carbocycles. The Morgan fingerprint density at radius 2 is 0.489 bits per heavy atom. The lowest BCUT2D eigenvalue weighted by atomic mass is 10.0. The molecular weight excluding hydrogens is 552 g/mol. The molecule has 0 heterocycles. The Morgan fingerprint density at radius 1 is 0.311 bits per heavy atom. The van der Waals surface area contributed by atoms with E-state index in [9.17, 15) is 4.79 Å². The maximum atomic E-state index is 10.3. The molecule has 272 valence electrons. The molecular formula is C42H86O3. The topological polar surface area (TPSA) is 57.5 Å². The number of hydrogen-bond donors (Lipinski definition) is 2. The van der Waals surface area contributed by atoms with Gasteiger partial charge in [0.05, 0.1) is 0 Å². The highest BCUT2D eigenvalue weighted by atomic mass is 16.4. The predicted octanol–water partition coefficient (Wildman–Crippen LogP) is 14.9. The third kappa shape index (κ3) is 50.5. The van der Waals surface area contributed by atoms with Crippen molar-refractivity contribution in [1.29, 1.82) is 0 Å². The van der Waals surface area contributed by atoms with Gasteiger partial charge in [-0.3, -0.25) is 4.79 Å². The molecule has 0 aromatic heterocycles. The standard InChI is InChI=1S/C26H54O.C16H32O2/c1-2-3-4-5-6-7-8-9-10-11-12-13-14-15-16-17-18-19-20-21-22-23-24-25-26-27;1-2-3-4-5-6-7-8-9-10-11-12-13-14-15-16(17)18/h27H,2-26H2,1H3;2-15H2,1H3,(H,17,18). The normalized spacial score (nSPS) is 11.1. The van der Waals surface area contributed by atoms with Crippen LogP contribution in [0.15, 0.2) is 0 Å². The molecule has 3 nitrogen and oxygen atoms in total.